The number of nitrogens with zero attached hydrogens (tertiary/aromatic N) is 2. The Morgan fingerprint density at radius 3 is 2.50 bits per heavy atom. The molecule has 0 radical (unpaired) electrons. The van der Waals surface area contributed by atoms with Crippen LogP contribution in [0.4, 0.5) is 0 Å². The van der Waals surface area contributed by atoms with Gasteiger partial charge in [0.2, 0.25) is 0 Å². The molecule has 2 aromatic rings. The minimum atomic E-state index is 0. The van der Waals surface area contributed by atoms with Crippen molar-refractivity contribution >= 4 is 34.9 Å². The van der Waals surface area contributed by atoms with Gasteiger partial charge in [-0.1, -0.05) is 11.6 Å². The van der Waals surface area contributed by atoms with Gasteiger partial charge in [-0.25, -0.2) is 9.97 Å². The first-order chi connectivity index (χ1) is 7.26. The Kier molecular flexibility index (Phi) is 4.15. The molecule has 4 nitrogen and oxygen atoms in total. The Labute approximate surface area is 104 Å². The van der Waals surface area contributed by atoms with Gasteiger partial charge in [0.1, 0.15) is 23.0 Å². The van der Waals surface area contributed by atoms with E-state index in [0.717, 1.165) is 0 Å². The average Bonchev–Trinajstić information content (AvgIpc) is 2.27. The molecule has 1 aromatic heterocycles. The van der Waals surface area contributed by atoms with Crippen LogP contribution in [0.25, 0.3) is 10.9 Å². The van der Waals surface area contributed by atoms with Crippen LogP contribution in [0.1, 0.15) is 0 Å². The standard InChI is InChI=1S/C10H9ClN2O2.ClH/c1-14-6-3-7-9(8(4-6)15-2)10(11)13-5-12-7;/h3-5H,1-2H3;1H. The molecule has 6 heteroatoms. The van der Waals surface area contributed by atoms with Crippen molar-refractivity contribution in [1.82, 2.24) is 9.97 Å². The average molecular weight is 261 g/mol. The molecule has 0 atom stereocenters. The molecule has 0 fully saturated rings. The first-order valence-electron chi connectivity index (χ1n) is 4.28. The first-order valence-corrected chi connectivity index (χ1v) is 4.66. The lowest BCUT2D eigenvalue weighted by Crippen LogP contribution is -1.92. The van der Waals surface area contributed by atoms with Crippen LogP contribution in [0.3, 0.4) is 0 Å². The Balaban J connectivity index is 0.00000128. The molecule has 1 heterocycles. The van der Waals surface area contributed by atoms with Crippen molar-refractivity contribution in [3.05, 3.63) is 23.6 Å². The summed E-state index contributed by atoms with van der Waals surface area (Å²) in [5.41, 5.74) is 0.700. The minimum Gasteiger partial charge on any atom is -0.497 e. The van der Waals surface area contributed by atoms with E-state index in [9.17, 15) is 0 Å². The van der Waals surface area contributed by atoms with Gasteiger partial charge in [-0.3, -0.25) is 0 Å². The quantitative estimate of drug-likeness (QED) is 0.779. The SMILES string of the molecule is COc1cc(OC)c2c(Cl)ncnc2c1.Cl. The van der Waals surface area contributed by atoms with E-state index in [4.69, 9.17) is 21.1 Å². The molecule has 0 bridgehead atoms. The molecule has 0 N–H and O–H groups in total. The van der Waals surface area contributed by atoms with E-state index in [1.807, 2.05) is 0 Å². The normalized spacial score (nSPS) is 9.69. The van der Waals surface area contributed by atoms with E-state index in [1.165, 1.54) is 6.33 Å². The molecule has 0 aliphatic heterocycles. The molecular weight excluding hydrogens is 251 g/mol. The topological polar surface area (TPSA) is 44.2 Å². The number of methoxy groups -OCH3 is 2. The van der Waals surface area contributed by atoms with E-state index in [-0.39, 0.29) is 12.4 Å². The zero-order valence-corrected chi connectivity index (χ0v) is 10.3. The van der Waals surface area contributed by atoms with E-state index in [0.29, 0.717) is 27.6 Å². The molecule has 0 aliphatic rings. The van der Waals surface area contributed by atoms with Gasteiger partial charge in [0.05, 0.1) is 25.1 Å². The lowest BCUT2D eigenvalue weighted by atomic mass is 10.2. The summed E-state index contributed by atoms with van der Waals surface area (Å²) in [6.07, 6.45) is 1.41. The first kappa shape index (κ1) is 12.8. The number of benzene rings is 1. The highest BCUT2D eigenvalue weighted by atomic mass is 35.5. The number of hydrogen-bond acceptors (Lipinski definition) is 4. The molecular formula is C10H10Cl2N2O2. The third-order valence-electron chi connectivity index (χ3n) is 2.08. The third kappa shape index (κ3) is 2.13. The van der Waals surface area contributed by atoms with E-state index >= 15 is 0 Å². The minimum absolute atomic E-state index is 0. The van der Waals surface area contributed by atoms with Crippen molar-refractivity contribution in [2.45, 2.75) is 0 Å². The van der Waals surface area contributed by atoms with Crippen molar-refractivity contribution in [3.8, 4) is 11.5 Å². The van der Waals surface area contributed by atoms with E-state index in [2.05, 4.69) is 9.97 Å². The summed E-state index contributed by atoms with van der Waals surface area (Å²) in [4.78, 5) is 8.01. The van der Waals surface area contributed by atoms with Gasteiger partial charge >= 0.3 is 0 Å². The van der Waals surface area contributed by atoms with Crippen LogP contribution >= 0.6 is 24.0 Å². The zero-order chi connectivity index (χ0) is 10.8. The molecule has 0 saturated carbocycles. The molecule has 0 saturated heterocycles. The summed E-state index contributed by atoms with van der Waals surface area (Å²) in [5, 5.41) is 1.07. The molecule has 0 spiro atoms. The molecule has 0 amide bonds. The lowest BCUT2D eigenvalue weighted by molar-refractivity contribution is 0.397. The number of rotatable bonds is 2. The van der Waals surface area contributed by atoms with Crippen LogP contribution in [0.5, 0.6) is 11.5 Å². The van der Waals surface area contributed by atoms with Crippen LogP contribution < -0.4 is 9.47 Å². The summed E-state index contributed by atoms with van der Waals surface area (Å²) in [5.74, 6) is 1.28. The predicted molar refractivity (Wildman–Crippen MR) is 64.9 cm³/mol. The van der Waals surface area contributed by atoms with Crippen LogP contribution in [0.15, 0.2) is 18.5 Å². The Morgan fingerprint density at radius 1 is 1.12 bits per heavy atom. The number of ether oxygens (including phenoxy) is 2. The predicted octanol–water partition coefficient (Wildman–Crippen LogP) is 2.72. The molecule has 86 valence electrons. The lowest BCUT2D eigenvalue weighted by Gasteiger charge is -2.08. The highest BCUT2D eigenvalue weighted by molar-refractivity contribution is 6.34. The van der Waals surface area contributed by atoms with Crippen molar-refractivity contribution in [2.24, 2.45) is 0 Å². The largest absolute Gasteiger partial charge is 0.497 e. The summed E-state index contributed by atoms with van der Waals surface area (Å²) >= 11 is 5.96. The maximum Gasteiger partial charge on any atom is 0.144 e. The summed E-state index contributed by atoms with van der Waals surface area (Å²) in [7, 11) is 3.15. The fourth-order valence-corrected chi connectivity index (χ4v) is 1.60. The molecule has 0 unspecified atom stereocenters. The fraction of sp³-hybridized carbons (Fsp3) is 0.200. The number of fused-ring (bicyclic) bond motifs is 1. The van der Waals surface area contributed by atoms with E-state index in [1.54, 1.807) is 26.4 Å². The second-order valence-electron chi connectivity index (χ2n) is 2.89. The van der Waals surface area contributed by atoms with Gasteiger partial charge in [0.15, 0.2) is 0 Å². The van der Waals surface area contributed by atoms with Crippen molar-refractivity contribution in [1.29, 1.82) is 0 Å². The van der Waals surface area contributed by atoms with Crippen molar-refractivity contribution in [3.63, 3.8) is 0 Å². The van der Waals surface area contributed by atoms with Crippen molar-refractivity contribution in [2.75, 3.05) is 14.2 Å². The van der Waals surface area contributed by atoms with Crippen LogP contribution in [-0.4, -0.2) is 24.2 Å². The Bertz CT molecular complexity index is 505. The highest BCUT2D eigenvalue weighted by Gasteiger charge is 2.10. The monoisotopic (exact) mass is 260 g/mol. The van der Waals surface area contributed by atoms with Gasteiger partial charge in [-0.05, 0) is 0 Å². The molecule has 2 rings (SSSR count). The number of hydrogen-bond donors (Lipinski definition) is 0. The summed E-state index contributed by atoms with van der Waals surface area (Å²) in [6, 6.07) is 3.53. The maximum absolute atomic E-state index is 5.96. The molecule has 0 aliphatic carbocycles. The van der Waals surface area contributed by atoms with Crippen LogP contribution in [0.2, 0.25) is 5.15 Å². The zero-order valence-electron chi connectivity index (χ0n) is 8.73. The Morgan fingerprint density at radius 2 is 1.88 bits per heavy atom. The van der Waals surface area contributed by atoms with Gasteiger partial charge < -0.3 is 9.47 Å². The van der Waals surface area contributed by atoms with Gasteiger partial charge in [-0.15, -0.1) is 12.4 Å². The van der Waals surface area contributed by atoms with Gasteiger partial charge in [-0.2, -0.15) is 0 Å². The second-order valence-corrected chi connectivity index (χ2v) is 3.25. The van der Waals surface area contributed by atoms with Crippen molar-refractivity contribution < 1.29 is 9.47 Å². The van der Waals surface area contributed by atoms with Gasteiger partial charge in [0.25, 0.3) is 0 Å². The number of halogens is 2. The summed E-state index contributed by atoms with van der Waals surface area (Å²) < 4.78 is 10.3. The highest BCUT2D eigenvalue weighted by Crippen LogP contribution is 2.33. The smallest absolute Gasteiger partial charge is 0.144 e. The van der Waals surface area contributed by atoms with Gasteiger partial charge in [0, 0.05) is 12.1 Å². The Hall–Kier alpha value is -1.26. The second kappa shape index (κ2) is 5.18. The third-order valence-corrected chi connectivity index (χ3v) is 2.37. The number of aromatic nitrogens is 2. The van der Waals surface area contributed by atoms with Crippen LogP contribution in [-0.2, 0) is 0 Å². The maximum atomic E-state index is 5.96. The van der Waals surface area contributed by atoms with Crippen LogP contribution in [0, 0.1) is 0 Å². The van der Waals surface area contributed by atoms with E-state index < -0.39 is 0 Å². The fourth-order valence-electron chi connectivity index (χ4n) is 1.37. The molecule has 1 aromatic carbocycles. The summed E-state index contributed by atoms with van der Waals surface area (Å²) in [6.45, 7) is 0. The molecule has 16 heavy (non-hydrogen) atoms.